The van der Waals surface area contributed by atoms with E-state index in [-0.39, 0.29) is 19.2 Å². The fourth-order valence-corrected chi connectivity index (χ4v) is 3.23. The molecule has 0 saturated heterocycles. The second-order valence-electron chi connectivity index (χ2n) is 7.58. The molecule has 3 N–H and O–H groups in total. The second kappa shape index (κ2) is 11.0. The smallest absolute Gasteiger partial charge is 0.445 e. The molecule has 0 fully saturated rings. The Balaban J connectivity index is 2.54. The molecule has 0 spiro atoms. The lowest BCUT2D eigenvalue weighted by atomic mass is 10.2. The maximum atomic E-state index is 12.5. The Bertz CT molecular complexity index is 725. The first kappa shape index (κ1) is 25.4. The lowest BCUT2D eigenvalue weighted by molar-refractivity contribution is -0.223. The SMILES string of the molecule is C[Si](C)(C)CC(OC(=O)[C@@H](N)CNC(=O)OCc1ccccc1)OC(=O)C(F)(F)F. The molecule has 0 aliphatic heterocycles. The molecule has 2 atom stereocenters. The maximum Gasteiger partial charge on any atom is 0.491 e. The fourth-order valence-electron chi connectivity index (χ4n) is 2.06. The van der Waals surface area contributed by atoms with E-state index in [0.29, 0.717) is 0 Å². The minimum Gasteiger partial charge on any atom is -0.445 e. The molecule has 0 aliphatic carbocycles. The van der Waals surface area contributed by atoms with Gasteiger partial charge in [0.25, 0.3) is 0 Å². The first-order chi connectivity index (χ1) is 13.8. The summed E-state index contributed by atoms with van der Waals surface area (Å²) < 4.78 is 51.4. The topological polar surface area (TPSA) is 117 Å². The summed E-state index contributed by atoms with van der Waals surface area (Å²) in [4.78, 5) is 34.8. The predicted molar refractivity (Wildman–Crippen MR) is 103 cm³/mol. The van der Waals surface area contributed by atoms with Crippen LogP contribution in [-0.2, 0) is 30.4 Å². The number of rotatable bonds is 9. The van der Waals surface area contributed by atoms with E-state index in [0.717, 1.165) is 5.56 Å². The minimum atomic E-state index is -5.23. The zero-order valence-corrected chi connectivity index (χ0v) is 17.8. The van der Waals surface area contributed by atoms with E-state index in [9.17, 15) is 27.6 Å². The molecule has 30 heavy (non-hydrogen) atoms. The van der Waals surface area contributed by atoms with E-state index >= 15 is 0 Å². The average molecular weight is 450 g/mol. The number of alkyl carbamates (subject to hydrolysis) is 1. The Hall–Kier alpha value is -2.60. The van der Waals surface area contributed by atoms with Crippen LogP contribution in [0, 0.1) is 0 Å². The highest BCUT2D eigenvalue weighted by Gasteiger charge is 2.43. The van der Waals surface area contributed by atoms with Crippen molar-refractivity contribution in [3.8, 4) is 0 Å². The lowest BCUT2D eigenvalue weighted by Gasteiger charge is -2.25. The summed E-state index contributed by atoms with van der Waals surface area (Å²) in [6.07, 6.45) is -7.80. The van der Waals surface area contributed by atoms with Crippen molar-refractivity contribution in [2.45, 2.75) is 50.8 Å². The molecule has 0 bridgehead atoms. The largest absolute Gasteiger partial charge is 0.491 e. The molecule has 0 radical (unpaired) electrons. The monoisotopic (exact) mass is 450 g/mol. The quantitative estimate of drug-likeness (QED) is 0.337. The van der Waals surface area contributed by atoms with Crippen molar-refractivity contribution in [1.82, 2.24) is 5.32 Å². The molecule has 1 rings (SSSR count). The Morgan fingerprint density at radius 1 is 1.10 bits per heavy atom. The highest BCUT2D eigenvalue weighted by atomic mass is 28.3. The van der Waals surface area contributed by atoms with Crippen molar-refractivity contribution < 1.29 is 41.8 Å². The van der Waals surface area contributed by atoms with Gasteiger partial charge in [-0.25, -0.2) is 9.59 Å². The number of halogens is 3. The average Bonchev–Trinajstić information content (AvgIpc) is 2.62. The molecule has 0 saturated carbocycles. The van der Waals surface area contributed by atoms with Gasteiger partial charge in [-0.05, 0) is 5.56 Å². The number of hydrogen-bond acceptors (Lipinski definition) is 7. The van der Waals surface area contributed by atoms with Crippen molar-refractivity contribution in [2.75, 3.05) is 6.54 Å². The van der Waals surface area contributed by atoms with Crippen LogP contribution in [0.4, 0.5) is 18.0 Å². The number of esters is 2. The van der Waals surface area contributed by atoms with Gasteiger partial charge in [0.2, 0.25) is 6.29 Å². The molecule has 0 aromatic heterocycles. The summed E-state index contributed by atoms with van der Waals surface area (Å²) in [5.74, 6) is -3.59. The first-order valence-electron chi connectivity index (χ1n) is 8.96. The van der Waals surface area contributed by atoms with Crippen LogP contribution in [0.2, 0.25) is 25.7 Å². The molecule has 12 heteroatoms. The van der Waals surface area contributed by atoms with Gasteiger partial charge in [-0.15, -0.1) is 0 Å². The van der Waals surface area contributed by atoms with Crippen LogP contribution in [0.25, 0.3) is 0 Å². The summed E-state index contributed by atoms with van der Waals surface area (Å²) in [5.41, 5.74) is 6.35. The highest BCUT2D eigenvalue weighted by molar-refractivity contribution is 6.76. The van der Waals surface area contributed by atoms with Crippen molar-refractivity contribution in [1.29, 1.82) is 0 Å². The predicted octanol–water partition coefficient (Wildman–Crippen LogP) is 2.55. The third-order valence-electron chi connectivity index (χ3n) is 3.48. The number of nitrogens with two attached hydrogens (primary N) is 1. The van der Waals surface area contributed by atoms with Gasteiger partial charge in [0.15, 0.2) is 0 Å². The summed E-state index contributed by atoms with van der Waals surface area (Å²) in [5, 5.41) is 2.25. The standard InChI is InChI=1S/C18H25F3N2O6Si/c1-30(2,3)11-14(29-16(25)18(19,20)21)28-15(24)13(22)9-23-17(26)27-10-12-7-5-4-6-8-12/h4-8,13-14H,9-11,22H2,1-3H3,(H,23,26)/t13-,14?/m0/s1. The molecule has 168 valence electrons. The number of ether oxygens (including phenoxy) is 3. The lowest BCUT2D eigenvalue weighted by Crippen LogP contribution is -2.46. The van der Waals surface area contributed by atoms with E-state index in [1.165, 1.54) is 0 Å². The van der Waals surface area contributed by atoms with Gasteiger partial charge in [-0.1, -0.05) is 50.0 Å². The normalized spacial score (nSPS) is 13.7. The van der Waals surface area contributed by atoms with Crippen molar-refractivity contribution in [3.05, 3.63) is 35.9 Å². The van der Waals surface area contributed by atoms with Gasteiger partial charge in [0.1, 0.15) is 12.6 Å². The second-order valence-corrected chi connectivity index (χ2v) is 13.1. The van der Waals surface area contributed by atoms with Crippen molar-refractivity contribution in [2.24, 2.45) is 5.73 Å². The molecule has 1 aromatic rings. The van der Waals surface area contributed by atoms with Gasteiger partial charge in [0, 0.05) is 12.6 Å². The van der Waals surface area contributed by atoms with Crippen LogP contribution in [0.1, 0.15) is 5.56 Å². The van der Waals surface area contributed by atoms with Crippen LogP contribution in [0.15, 0.2) is 30.3 Å². The Kier molecular flexibility index (Phi) is 9.30. The molecule has 1 amide bonds. The zero-order chi connectivity index (χ0) is 22.9. The zero-order valence-electron chi connectivity index (χ0n) is 16.8. The molecular formula is C18H25F3N2O6Si. The van der Waals surface area contributed by atoms with Crippen LogP contribution in [0.3, 0.4) is 0 Å². The number of carbonyl (C=O) groups is 3. The third kappa shape index (κ3) is 10.3. The van der Waals surface area contributed by atoms with Gasteiger partial charge >= 0.3 is 24.2 Å². The molecule has 0 aliphatic rings. The molecule has 1 aromatic carbocycles. The summed E-state index contributed by atoms with van der Waals surface area (Å²) in [6.45, 7) is 4.98. The minimum absolute atomic E-state index is 0.00195. The third-order valence-corrected chi connectivity index (χ3v) is 5.04. The van der Waals surface area contributed by atoms with E-state index in [4.69, 9.17) is 15.2 Å². The fraction of sp³-hybridized carbons (Fsp3) is 0.500. The number of hydrogen-bond donors (Lipinski definition) is 2. The van der Waals surface area contributed by atoms with Crippen LogP contribution >= 0.6 is 0 Å². The summed E-state index contributed by atoms with van der Waals surface area (Å²) in [7, 11) is -2.08. The van der Waals surface area contributed by atoms with Crippen LogP contribution < -0.4 is 11.1 Å². The molecule has 1 unspecified atom stereocenters. The number of carbonyl (C=O) groups excluding carboxylic acids is 3. The van der Waals surface area contributed by atoms with Gasteiger partial charge in [0.05, 0.1) is 8.07 Å². The summed E-state index contributed by atoms with van der Waals surface area (Å²) >= 11 is 0. The van der Waals surface area contributed by atoms with Gasteiger partial charge in [-0.3, -0.25) is 4.79 Å². The number of nitrogens with one attached hydrogen (secondary N) is 1. The van der Waals surface area contributed by atoms with E-state index in [1.54, 1.807) is 50.0 Å². The highest BCUT2D eigenvalue weighted by Crippen LogP contribution is 2.22. The Morgan fingerprint density at radius 2 is 1.70 bits per heavy atom. The maximum absolute atomic E-state index is 12.5. The van der Waals surface area contributed by atoms with Crippen LogP contribution in [-0.4, -0.2) is 51.2 Å². The Labute approximate surface area is 172 Å². The van der Waals surface area contributed by atoms with E-state index in [1.807, 2.05) is 0 Å². The first-order valence-corrected chi connectivity index (χ1v) is 12.7. The Morgan fingerprint density at radius 3 is 2.23 bits per heavy atom. The number of benzene rings is 1. The van der Waals surface area contributed by atoms with E-state index in [2.05, 4.69) is 10.1 Å². The molecule has 8 nitrogen and oxygen atoms in total. The summed E-state index contributed by atoms with van der Waals surface area (Å²) in [6, 6.07) is 7.38. The number of alkyl halides is 3. The van der Waals surface area contributed by atoms with Gasteiger partial charge in [-0.2, -0.15) is 13.2 Å². The van der Waals surface area contributed by atoms with Crippen molar-refractivity contribution in [3.63, 3.8) is 0 Å². The van der Waals surface area contributed by atoms with E-state index < -0.39 is 44.6 Å². The van der Waals surface area contributed by atoms with Gasteiger partial charge < -0.3 is 25.3 Å². The van der Waals surface area contributed by atoms with Crippen molar-refractivity contribution >= 4 is 26.1 Å². The molecular weight excluding hydrogens is 425 g/mol. The molecule has 0 heterocycles. The number of amides is 1. The van der Waals surface area contributed by atoms with Crippen LogP contribution in [0.5, 0.6) is 0 Å².